The summed E-state index contributed by atoms with van der Waals surface area (Å²) in [7, 11) is -1.65. The third kappa shape index (κ3) is 5.00. The Kier molecular flexibility index (Phi) is 6.88. The Hall–Kier alpha value is -2.22. The zero-order valence-electron chi connectivity index (χ0n) is 19.3. The SMILES string of the molecule is Cc1cc(C)c([C@H](C)NC(=O)c2cc(S(=O)(=O)N3CCN(C)CC3)ccc2C)cc1C. The Morgan fingerprint density at radius 2 is 1.52 bits per heavy atom. The molecule has 1 aliphatic heterocycles. The van der Waals surface area contributed by atoms with Gasteiger partial charge in [-0.1, -0.05) is 18.2 Å². The van der Waals surface area contributed by atoms with Crippen LogP contribution in [0.2, 0.25) is 0 Å². The maximum Gasteiger partial charge on any atom is 0.252 e. The minimum absolute atomic E-state index is 0.169. The molecule has 0 saturated carbocycles. The number of nitrogens with one attached hydrogen (secondary N) is 1. The van der Waals surface area contributed by atoms with E-state index in [1.54, 1.807) is 12.1 Å². The Bertz CT molecular complexity index is 1090. The third-order valence-electron chi connectivity index (χ3n) is 6.25. The lowest BCUT2D eigenvalue weighted by atomic mass is 9.96. The highest BCUT2D eigenvalue weighted by molar-refractivity contribution is 7.89. The van der Waals surface area contributed by atoms with Crippen molar-refractivity contribution < 1.29 is 13.2 Å². The molecule has 1 aliphatic rings. The number of nitrogens with zero attached hydrogens (tertiary/aromatic N) is 2. The number of piperazine rings is 1. The number of likely N-dealkylation sites (N-methyl/N-ethyl adjacent to an activating group) is 1. The number of hydrogen-bond donors (Lipinski definition) is 1. The first-order chi connectivity index (χ1) is 14.5. The summed E-state index contributed by atoms with van der Waals surface area (Å²) >= 11 is 0. The predicted octanol–water partition coefficient (Wildman–Crippen LogP) is 3.35. The zero-order valence-corrected chi connectivity index (χ0v) is 20.1. The molecule has 168 valence electrons. The first-order valence-corrected chi connectivity index (χ1v) is 12.1. The van der Waals surface area contributed by atoms with Gasteiger partial charge in [-0.25, -0.2) is 8.42 Å². The highest BCUT2D eigenvalue weighted by Crippen LogP contribution is 2.24. The van der Waals surface area contributed by atoms with Crippen molar-refractivity contribution in [3.63, 3.8) is 0 Å². The summed E-state index contributed by atoms with van der Waals surface area (Å²) in [6.45, 7) is 12.3. The normalized spacial score (nSPS) is 16.8. The van der Waals surface area contributed by atoms with E-state index in [2.05, 4.69) is 36.2 Å². The van der Waals surface area contributed by atoms with Gasteiger partial charge >= 0.3 is 0 Å². The molecule has 1 N–H and O–H groups in total. The van der Waals surface area contributed by atoms with Crippen molar-refractivity contribution in [3.05, 3.63) is 63.7 Å². The van der Waals surface area contributed by atoms with Crippen molar-refractivity contribution in [1.82, 2.24) is 14.5 Å². The van der Waals surface area contributed by atoms with Crippen molar-refractivity contribution in [1.29, 1.82) is 0 Å². The number of carbonyl (C=O) groups is 1. The van der Waals surface area contributed by atoms with Gasteiger partial charge in [0.2, 0.25) is 10.0 Å². The molecule has 31 heavy (non-hydrogen) atoms. The van der Waals surface area contributed by atoms with Gasteiger partial charge in [0, 0.05) is 31.7 Å². The molecule has 1 amide bonds. The Balaban J connectivity index is 1.84. The van der Waals surface area contributed by atoms with E-state index in [1.807, 2.05) is 27.8 Å². The van der Waals surface area contributed by atoms with Gasteiger partial charge in [-0.15, -0.1) is 0 Å². The highest BCUT2D eigenvalue weighted by Gasteiger charge is 2.28. The molecular formula is C24H33N3O3S. The molecule has 2 aromatic rings. The van der Waals surface area contributed by atoms with Crippen LogP contribution in [0, 0.1) is 27.7 Å². The van der Waals surface area contributed by atoms with Crippen molar-refractivity contribution in [2.45, 2.75) is 45.6 Å². The van der Waals surface area contributed by atoms with Crippen LogP contribution in [0.1, 0.15) is 51.1 Å². The molecule has 0 aliphatic carbocycles. The lowest BCUT2D eigenvalue weighted by molar-refractivity contribution is 0.0939. The van der Waals surface area contributed by atoms with Crippen LogP contribution in [0.3, 0.4) is 0 Å². The predicted molar refractivity (Wildman–Crippen MR) is 124 cm³/mol. The van der Waals surface area contributed by atoms with Crippen LogP contribution in [0.5, 0.6) is 0 Å². The molecule has 7 heteroatoms. The number of amides is 1. The number of benzene rings is 2. The first-order valence-electron chi connectivity index (χ1n) is 10.7. The molecular weight excluding hydrogens is 410 g/mol. The topological polar surface area (TPSA) is 69.7 Å². The number of carbonyl (C=O) groups excluding carboxylic acids is 1. The summed E-state index contributed by atoms with van der Waals surface area (Å²) in [4.78, 5) is 15.4. The Morgan fingerprint density at radius 3 is 2.16 bits per heavy atom. The van der Waals surface area contributed by atoms with Crippen LogP contribution in [0.4, 0.5) is 0 Å². The van der Waals surface area contributed by atoms with Gasteiger partial charge in [0.25, 0.3) is 5.91 Å². The number of hydrogen-bond acceptors (Lipinski definition) is 4. The van der Waals surface area contributed by atoms with Crippen LogP contribution in [0.25, 0.3) is 0 Å². The highest BCUT2D eigenvalue weighted by atomic mass is 32.2. The molecule has 1 atom stereocenters. The summed E-state index contributed by atoms with van der Waals surface area (Å²) < 4.78 is 27.7. The van der Waals surface area contributed by atoms with Gasteiger partial charge in [0.1, 0.15) is 0 Å². The van der Waals surface area contributed by atoms with Gasteiger partial charge in [-0.2, -0.15) is 4.31 Å². The van der Waals surface area contributed by atoms with Gasteiger partial charge < -0.3 is 10.2 Å². The first kappa shape index (κ1) is 23.4. The molecule has 0 bridgehead atoms. The van der Waals surface area contributed by atoms with E-state index in [1.165, 1.54) is 21.5 Å². The molecule has 0 radical (unpaired) electrons. The summed E-state index contributed by atoms with van der Waals surface area (Å²) in [6, 6.07) is 8.86. The van der Waals surface area contributed by atoms with E-state index in [-0.39, 0.29) is 16.8 Å². The quantitative estimate of drug-likeness (QED) is 0.769. The number of rotatable bonds is 5. The van der Waals surface area contributed by atoms with E-state index >= 15 is 0 Å². The summed E-state index contributed by atoms with van der Waals surface area (Å²) in [5.74, 6) is -0.266. The fourth-order valence-electron chi connectivity index (χ4n) is 3.99. The van der Waals surface area contributed by atoms with Gasteiger partial charge in [-0.3, -0.25) is 4.79 Å². The summed E-state index contributed by atoms with van der Waals surface area (Å²) in [6.07, 6.45) is 0. The lowest BCUT2D eigenvalue weighted by Gasteiger charge is -2.31. The van der Waals surface area contributed by atoms with E-state index in [0.29, 0.717) is 31.7 Å². The van der Waals surface area contributed by atoms with E-state index < -0.39 is 10.0 Å². The van der Waals surface area contributed by atoms with Gasteiger partial charge in [0.05, 0.1) is 10.9 Å². The molecule has 1 heterocycles. The second kappa shape index (κ2) is 9.10. The fourth-order valence-corrected chi connectivity index (χ4v) is 5.43. The third-order valence-corrected chi connectivity index (χ3v) is 8.14. The number of sulfonamides is 1. The van der Waals surface area contributed by atoms with Crippen LogP contribution >= 0.6 is 0 Å². The van der Waals surface area contributed by atoms with Gasteiger partial charge in [0.15, 0.2) is 0 Å². The smallest absolute Gasteiger partial charge is 0.252 e. The maximum absolute atomic E-state index is 13.1. The van der Waals surface area contributed by atoms with Crippen LogP contribution < -0.4 is 5.32 Å². The average molecular weight is 444 g/mol. The van der Waals surface area contributed by atoms with Crippen molar-refractivity contribution in [2.24, 2.45) is 0 Å². The maximum atomic E-state index is 13.1. The van der Waals surface area contributed by atoms with Crippen LogP contribution in [0.15, 0.2) is 35.2 Å². The largest absolute Gasteiger partial charge is 0.345 e. The number of aryl methyl sites for hydroxylation is 4. The van der Waals surface area contributed by atoms with Crippen molar-refractivity contribution in [3.8, 4) is 0 Å². The molecule has 0 spiro atoms. The second-order valence-corrected chi connectivity index (χ2v) is 10.6. The molecule has 3 rings (SSSR count). The van der Waals surface area contributed by atoms with Crippen molar-refractivity contribution >= 4 is 15.9 Å². The van der Waals surface area contributed by atoms with Gasteiger partial charge in [-0.05, 0) is 81.6 Å². The second-order valence-electron chi connectivity index (χ2n) is 8.67. The minimum Gasteiger partial charge on any atom is -0.345 e. The Labute approximate surface area is 186 Å². The molecule has 1 fully saturated rings. The average Bonchev–Trinajstić information content (AvgIpc) is 2.71. The van der Waals surface area contributed by atoms with E-state index in [4.69, 9.17) is 0 Å². The molecule has 1 saturated heterocycles. The lowest BCUT2D eigenvalue weighted by Crippen LogP contribution is -2.47. The minimum atomic E-state index is -3.63. The molecule has 0 aromatic heterocycles. The monoisotopic (exact) mass is 443 g/mol. The van der Waals surface area contributed by atoms with Crippen LogP contribution in [-0.2, 0) is 10.0 Å². The fraction of sp³-hybridized carbons (Fsp3) is 0.458. The molecule has 2 aromatic carbocycles. The standard InChI is InChI=1S/C24H33N3O3S/c1-16-7-8-21(31(29,30)27-11-9-26(6)10-12-27)15-23(16)24(28)25-20(5)22-14-18(3)17(2)13-19(22)4/h7-8,13-15,20H,9-12H2,1-6H3,(H,25,28)/t20-/m0/s1. The van der Waals surface area contributed by atoms with E-state index in [0.717, 1.165) is 16.7 Å². The van der Waals surface area contributed by atoms with E-state index in [9.17, 15) is 13.2 Å². The van der Waals surface area contributed by atoms with Crippen molar-refractivity contribution in [2.75, 3.05) is 33.2 Å². The molecule has 6 nitrogen and oxygen atoms in total. The molecule has 0 unspecified atom stereocenters. The zero-order chi connectivity index (χ0) is 22.9. The van der Waals surface area contributed by atoms with Crippen LogP contribution in [-0.4, -0.2) is 56.8 Å². The summed E-state index contributed by atoms with van der Waals surface area (Å²) in [5, 5.41) is 3.05. The summed E-state index contributed by atoms with van der Waals surface area (Å²) in [5.41, 5.74) is 5.73. The Morgan fingerprint density at radius 1 is 0.903 bits per heavy atom.